The number of allylic oxidation sites excluding steroid dienone is 3. The molecule has 2 amide bonds. The summed E-state index contributed by atoms with van der Waals surface area (Å²) in [5, 5.41) is 3.77. The van der Waals surface area contributed by atoms with Gasteiger partial charge < -0.3 is 5.73 Å². The van der Waals surface area contributed by atoms with E-state index in [0.29, 0.717) is 0 Å². The van der Waals surface area contributed by atoms with Gasteiger partial charge >= 0.3 is 6.03 Å². The van der Waals surface area contributed by atoms with E-state index in [4.69, 9.17) is 5.73 Å². The highest BCUT2D eigenvalue weighted by atomic mass is 16.2. The van der Waals surface area contributed by atoms with E-state index in [2.05, 4.69) is 43.1 Å². The summed E-state index contributed by atoms with van der Waals surface area (Å²) in [6, 6.07) is -0.663. The van der Waals surface area contributed by atoms with Gasteiger partial charge in [0.1, 0.15) is 0 Å². The molecule has 0 aliphatic heterocycles. The van der Waals surface area contributed by atoms with Crippen LogP contribution in [0.4, 0.5) is 4.79 Å². The summed E-state index contributed by atoms with van der Waals surface area (Å²) in [7, 11) is 0. The monoisotopic (exact) mass is 263 g/mol. The Labute approximate surface area is 116 Å². The number of hydrazone groups is 1. The molecule has 0 unspecified atom stereocenters. The molecule has 0 rings (SSSR count). The minimum absolute atomic E-state index is 0.278. The van der Waals surface area contributed by atoms with Gasteiger partial charge in [0.05, 0.1) is 0 Å². The molecule has 0 spiro atoms. The highest BCUT2D eigenvalue weighted by molar-refractivity contribution is 5.74. The molecule has 0 saturated carbocycles. The van der Waals surface area contributed by atoms with Crippen LogP contribution in [-0.2, 0) is 0 Å². The highest BCUT2D eigenvalue weighted by Crippen LogP contribution is 2.14. The summed E-state index contributed by atoms with van der Waals surface area (Å²) in [4.78, 5) is 10.5. The van der Waals surface area contributed by atoms with Crippen LogP contribution in [0.2, 0.25) is 0 Å². The molecule has 0 saturated heterocycles. The largest absolute Gasteiger partial charge is 0.350 e. The minimum atomic E-state index is -0.663. The normalized spacial score (nSPS) is 10.8. The van der Waals surface area contributed by atoms with E-state index in [1.807, 2.05) is 19.9 Å². The standard InChI is InChI=1S/C15H25N3O/c1-12(2)7-6-8-13(3)9-10-15(4,5)11-17-18-14(16)19/h7,10-11H,6,8H2,1-5H3,(H3,16,18,19)/b17-11-. The molecule has 4 heteroatoms. The lowest BCUT2D eigenvalue weighted by molar-refractivity contribution is 0.249. The maximum atomic E-state index is 10.5. The smallest absolute Gasteiger partial charge is 0.332 e. The maximum absolute atomic E-state index is 10.5. The molecule has 0 aromatic carbocycles. The number of rotatable bonds is 6. The summed E-state index contributed by atoms with van der Waals surface area (Å²) < 4.78 is 0. The van der Waals surface area contributed by atoms with E-state index in [0.717, 1.165) is 12.8 Å². The van der Waals surface area contributed by atoms with E-state index in [1.54, 1.807) is 6.21 Å². The van der Waals surface area contributed by atoms with Crippen molar-refractivity contribution < 1.29 is 4.79 Å². The molecule has 4 nitrogen and oxygen atoms in total. The number of hydrogen-bond acceptors (Lipinski definition) is 2. The second-order valence-electron chi connectivity index (χ2n) is 5.44. The first-order valence-electron chi connectivity index (χ1n) is 6.39. The van der Waals surface area contributed by atoms with Gasteiger partial charge in [-0.2, -0.15) is 5.10 Å². The predicted octanol–water partition coefficient (Wildman–Crippen LogP) is 3.51. The van der Waals surface area contributed by atoms with Gasteiger partial charge in [0, 0.05) is 11.6 Å². The fourth-order valence-electron chi connectivity index (χ4n) is 1.26. The van der Waals surface area contributed by atoms with Crippen molar-refractivity contribution in [3.8, 4) is 0 Å². The number of urea groups is 1. The van der Waals surface area contributed by atoms with Crippen LogP contribution < -0.4 is 11.2 Å². The molecule has 0 radical (unpaired) electrons. The van der Waals surface area contributed by atoms with Crippen LogP contribution in [0.15, 0.2) is 34.1 Å². The van der Waals surface area contributed by atoms with Gasteiger partial charge in [-0.1, -0.05) is 25.5 Å². The Morgan fingerprint density at radius 1 is 1.37 bits per heavy atom. The van der Waals surface area contributed by atoms with Crippen LogP contribution in [0.1, 0.15) is 47.5 Å². The first kappa shape index (κ1) is 17.2. The number of primary amides is 1. The molecular weight excluding hydrogens is 238 g/mol. The molecule has 0 atom stereocenters. The van der Waals surface area contributed by atoms with E-state index in [9.17, 15) is 4.79 Å². The van der Waals surface area contributed by atoms with Crippen molar-refractivity contribution in [1.29, 1.82) is 0 Å². The lowest BCUT2D eigenvalue weighted by Gasteiger charge is -2.11. The third-order valence-corrected chi connectivity index (χ3v) is 2.33. The van der Waals surface area contributed by atoms with Gasteiger partial charge in [0.2, 0.25) is 0 Å². The average molecular weight is 263 g/mol. The molecule has 0 bridgehead atoms. The Kier molecular flexibility index (Phi) is 7.54. The number of carbonyl (C=O) groups is 1. The Morgan fingerprint density at radius 3 is 2.53 bits per heavy atom. The van der Waals surface area contributed by atoms with Crippen molar-refractivity contribution >= 4 is 12.2 Å². The number of amides is 2. The summed E-state index contributed by atoms with van der Waals surface area (Å²) in [5.41, 5.74) is 12.6. The van der Waals surface area contributed by atoms with Crippen LogP contribution in [0, 0.1) is 5.41 Å². The summed E-state index contributed by atoms with van der Waals surface area (Å²) in [6.45, 7) is 10.2. The molecule has 0 aliphatic rings. The maximum Gasteiger partial charge on any atom is 0.332 e. The fourth-order valence-corrected chi connectivity index (χ4v) is 1.26. The summed E-state index contributed by atoms with van der Waals surface area (Å²) in [5.74, 6) is 0. The van der Waals surface area contributed by atoms with Crippen LogP contribution in [0.5, 0.6) is 0 Å². The second-order valence-corrected chi connectivity index (χ2v) is 5.44. The Bertz CT molecular complexity index is 421. The number of nitrogens with one attached hydrogen (secondary N) is 1. The molecule has 0 fully saturated rings. The lowest BCUT2D eigenvalue weighted by Crippen LogP contribution is -2.25. The Balaban J connectivity index is 4.51. The molecule has 19 heavy (non-hydrogen) atoms. The van der Waals surface area contributed by atoms with E-state index < -0.39 is 6.03 Å². The molecule has 0 heterocycles. The first-order chi connectivity index (χ1) is 8.73. The lowest BCUT2D eigenvalue weighted by atomic mass is 9.95. The van der Waals surface area contributed by atoms with Gasteiger partial charge in [-0.25, -0.2) is 10.2 Å². The number of nitrogens with two attached hydrogens (primary N) is 1. The zero-order valence-electron chi connectivity index (χ0n) is 12.6. The average Bonchev–Trinajstić information content (AvgIpc) is 2.25. The minimum Gasteiger partial charge on any atom is -0.350 e. The topological polar surface area (TPSA) is 67.5 Å². The SMILES string of the molecule is CC(=C=CC(C)(C)/C=N\NC(N)=O)CCC=C(C)C. The van der Waals surface area contributed by atoms with E-state index in [-0.39, 0.29) is 5.41 Å². The van der Waals surface area contributed by atoms with Crippen LogP contribution in [-0.4, -0.2) is 12.2 Å². The Morgan fingerprint density at radius 2 is 2.00 bits per heavy atom. The third kappa shape index (κ3) is 11.0. The predicted molar refractivity (Wildman–Crippen MR) is 80.9 cm³/mol. The molecular formula is C15H25N3O. The molecule has 3 N–H and O–H groups in total. The van der Waals surface area contributed by atoms with Crippen molar-refractivity contribution in [2.24, 2.45) is 16.3 Å². The molecule has 106 valence electrons. The van der Waals surface area contributed by atoms with Gasteiger partial charge in [-0.15, -0.1) is 5.73 Å². The van der Waals surface area contributed by atoms with Gasteiger partial charge in [-0.3, -0.25) is 0 Å². The van der Waals surface area contributed by atoms with Crippen molar-refractivity contribution in [3.63, 3.8) is 0 Å². The van der Waals surface area contributed by atoms with Crippen molar-refractivity contribution in [2.75, 3.05) is 0 Å². The zero-order valence-corrected chi connectivity index (χ0v) is 12.6. The molecule has 0 aromatic heterocycles. The number of hydrogen-bond donors (Lipinski definition) is 2. The van der Waals surface area contributed by atoms with Crippen molar-refractivity contribution in [2.45, 2.75) is 47.5 Å². The molecule has 0 aliphatic carbocycles. The van der Waals surface area contributed by atoms with Gasteiger partial charge in [-0.05, 0) is 45.3 Å². The van der Waals surface area contributed by atoms with Crippen molar-refractivity contribution in [1.82, 2.24) is 5.43 Å². The van der Waals surface area contributed by atoms with Crippen LogP contribution >= 0.6 is 0 Å². The number of nitrogens with zero attached hydrogens (tertiary/aromatic N) is 1. The highest BCUT2D eigenvalue weighted by Gasteiger charge is 2.09. The second kappa shape index (κ2) is 8.33. The van der Waals surface area contributed by atoms with Crippen molar-refractivity contribution in [3.05, 3.63) is 29.0 Å². The fraction of sp³-hybridized carbons (Fsp3) is 0.533. The zero-order chi connectivity index (χ0) is 14.9. The third-order valence-electron chi connectivity index (χ3n) is 2.33. The van der Waals surface area contributed by atoms with Gasteiger partial charge in [0.25, 0.3) is 0 Å². The number of carbonyl (C=O) groups excluding carboxylic acids is 1. The van der Waals surface area contributed by atoms with Gasteiger partial charge in [0.15, 0.2) is 0 Å². The quantitative estimate of drug-likeness (QED) is 0.327. The van der Waals surface area contributed by atoms with E-state index >= 15 is 0 Å². The Hall–Kier alpha value is -1.80. The van der Waals surface area contributed by atoms with Crippen LogP contribution in [0.25, 0.3) is 0 Å². The van der Waals surface area contributed by atoms with Crippen LogP contribution in [0.3, 0.4) is 0 Å². The van der Waals surface area contributed by atoms with E-state index in [1.165, 1.54) is 11.1 Å². The summed E-state index contributed by atoms with van der Waals surface area (Å²) in [6.07, 6.45) is 7.82. The summed E-state index contributed by atoms with van der Waals surface area (Å²) >= 11 is 0. The molecule has 0 aromatic rings. The first-order valence-corrected chi connectivity index (χ1v) is 6.39.